The third kappa shape index (κ3) is 3.26. The normalized spacial score (nSPS) is 19.2. The number of fused-ring (bicyclic) bond motifs is 3. The lowest BCUT2D eigenvalue weighted by atomic mass is 9.97. The number of nitrogens with zero attached hydrogens (tertiary/aromatic N) is 2. The van der Waals surface area contributed by atoms with Crippen LogP contribution < -0.4 is 18.9 Å². The molecule has 2 aromatic carbocycles. The molecule has 0 amide bonds. The average molecular weight is 420 g/mol. The van der Waals surface area contributed by atoms with Crippen LogP contribution in [0.25, 0.3) is 0 Å². The van der Waals surface area contributed by atoms with Gasteiger partial charge in [0.2, 0.25) is 6.23 Å². The Morgan fingerprint density at radius 3 is 2.65 bits per heavy atom. The van der Waals surface area contributed by atoms with Crippen molar-refractivity contribution < 1.29 is 23.4 Å². The number of benzene rings is 2. The number of methoxy groups -OCH3 is 2. The number of hydrogen-bond donors (Lipinski definition) is 0. The smallest absolute Gasteiger partial charge is 0.214 e. The molecule has 7 heteroatoms. The molecule has 3 aromatic rings. The van der Waals surface area contributed by atoms with Gasteiger partial charge >= 0.3 is 0 Å². The molecule has 31 heavy (non-hydrogen) atoms. The van der Waals surface area contributed by atoms with Gasteiger partial charge in [0.05, 0.1) is 33.1 Å². The van der Waals surface area contributed by atoms with Crippen LogP contribution in [0.2, 0.25) is 0 Å². The Hall–Kier alpha value is -3.61. The summed E-state index contributed by atoms with van der Waals surface area (Å²) in [6.45, 7) is 2.53. The van der Waals surface area contributed by atoms with Crippen LogP contribution >= 0.6 is 0 Å². The average Bonchev–Trinajstić information content (AvgIpc) is 3.48. The van der Waals surface area contributed by atoms with E-state index in [9.17, 15) is 0 Å². The summed E-state index contributed by atoms with van der Waals surface area (Å²) in [4.78, 5) is 0. The molecule has 0 fully saturated rings. The molecule has 0 N–H and O–H groups in total. The molecule has 2 aliphatic heterocycles. The highest BCUT2D eigenvalue weighted by Crippen LogP contribution is 2.51. The summed E-state index contributed by atoms with van der Waals surface area (Å²) < 4.78 is 28.9. The molecule has 0 saturated carbocycles. The monoisotopic (exact) mass is 420 g/mol. The molecule has 0 aliphatic carbocycles. The van der Waals surface area contributed by atoms with Gasteiger partial charge in [-0.3, -0.25) is 0 Å². The van der Waals surface area contributed by atoms with E-state index in [0.29, 0.717) is 24.5 Å². The summed E-state index contributed by atoms with van der Waals surface area (Å²) >= 11 is 0. The maximum absolute atomic E-state index is 6.52. The lowest BCUT2D eigenvalue weighted by Gasteiger charge is -2.38. The fraction of sp³-hybridized carbons (Fsp3) is 0.292. The molecular weight excluding hydrogens is 396 g/mol. The third-order valence-corrected chi connectivity index (χ3v) is 5.58. The first-order valence-corrected chi connectivity index (χ1v) is 10.3. The first kappa shape index (κ1) is 19.4. The van der Waals surface area contributed by atoms with Gasteiger partial charge < -0.3 is 23.4 Å². The summed E-state index contributed by atoms with van der Waals surface area (Å²) in [5, 5.41) is 6.90. The Kier molecular flexibility index (Phi) is 4.94. The van der Waals surface area contributed by atoms with E-state index in [1.54, 1.807) is 20.5 Å². The highest BCUT2D eigenvalue weighted by atomic mass is 16.5. The first-order valence-electron chi connectivity index (χ1n) is 10.3. The van der Waals surface area contributed by atoms with E-state index in [-0.39, 0.29) is 6.04 Å². The van der Waals surface area contributed by atoms with E-state index < -0.39 is 6.23 Å². The van der Waals surface area contributed by atoms with Crippen molar-refractivity contribution in [2.24, 2.45) is 5.10 Å². The second-order valence-electron chi connectivity index (χ2n) is 7.32. The van der Waals surface area contributed by atoms with E-state index in [1.165, 1.54) is 0 Å². The fourth-order valence-electron chi connectivity index (χ4n) is 4.17. The minimum Gasteiger partial charge on any atom is -0.493 e. The van der Waals surface area contributed by atoms with E-state index in [4.69, 9.17) is 28.5 Å². The van der Waals surface area contributed by atoms with E-state index in [0.717, 1.165) is 34.1 Å². The summed E-state index contributed by atoms with van der Waals surface area (Å²) in [6.07, 6.45) is 1.92. The molecule has 0 bridgehead atoms. The van der Waals surface area contributed by atoms with Crippen LogP contribution in [0.3, 0.4) is 0 Å². The van der Waals surface area contributed by atoms with Crippen molar-refractivity contribution in [1.82, 2.24) is 5.01 Å². The number of hydrazone groups is 1. The fourth-order valence-corrected chi connectivity index (χ4v) is 4.17. The predicted octanol–water partition coefficient (Wildman–Crippen LogP) is 4.94. The van der Waals surface area contributed by atoms with Crippen molar-refractivity contribution in [3.63, 3.8) is 0 Å². The third-order valence-electron chi connectivity index (χ3n) is 5.58. The number of para-hydroxylation sites is 1. The number of rotatable bonds is 6. The minimum atomic E-state index is -0.452. The lowest BCUT2D eigenvalue weighted by Crippen LogP contribution is -2.34. The number of hydrogen-bond acceptors (Lipinski definition) is 7. The molecule has 7 nitrogen and oxygen atoms in total. The second-order valence-corrected chi connectivity index (χ2v) is 7.32. The number of furan rings is 1. The van der Waals surface area contributed by atoms with Crippen LogP contribution in [0.4, 0.5) is 0 Å². The van der Waals surface area contributed by atoms with Crippen molar-refractivity contribution >= 4 is 5.71 Å². The standard InChI is InChI=1S/C24H24N2O5/c1-4-29-21-8-5-7-16-18-14-17(19-9-6-12-30-19)25-26(18)24(31-23(16)21)15-10-11-20(27-2)22(13-15)28-3/h5-13,18,24H,4,14H2,1-3H3/t18-,24+/m1/s1. The molecule has 3 heterocycles. The highest BCUT2D eigenvalue weighted by Gasteiger charge is 2.42. The van der Waals surface area contributed by atoms with Crippen molar-refractivity contribution in [1.29, 1.82) is 0 Å². The van der Waals surface area contributed by atoms with Gasteiger partial charge in [0.1, 0.15) is 11.5 Å². The second kappa shape index (κ2) is 7.91. The van der Waals surface area contributed by atoms with Gasteiger partial charge in [-0.2, -0.15) is 5.10 Å². The van der Waals surface area contributed by atoms with Crippen molar-refractivity contribution in [2.75, 3.05) is 20.8 Å². The molecule has 1 aromatic heterocycles. The molecule has 2 aliphatic rings. The van der Waals surface area contributed by atoms with Crippen molar-refractivity contribution in [2.45, 2.75) is 25.6 Å². The van der Waals surface area contributed by atoms with Crippen molar-refractivity contribution in [3.8, 4) is 23.0 Å². The van der Waals surface area contributed by atoms with Crippen molar-refractivity contribution in [3.05, 3.63) is 71.7 Å². The predicted molar refractivity (Wildman–Crippen MR) is 115 cm³/mol. The topological polar surface area (TPSA) is 65.7 Å². The van der Waals surface area contributed by atoms with Crippen LogP contribution in [0.15, 0.2) is 64.3 Å². The largest absolute Gasteiger partial charge is 0.493 e. The Morgan fingerprint density at radius 1 is 1.03 bits per heavy atom. The summed E-state index contributed by atoms with van der Waals surface area (Å²) in [5.74, 6) is 3.55. The van der Waals surface area contributed by atoms with Crippen LogP contribution in [-0.2, 0) is 0 Å². The highest BCUT2D eigenvalue weighted by molar-refractivity contribution is 5.99. The van der Waals surface area contributed by atoms with Gasteiger partial charge in [-0.05, 0) is 43.3 Å². The van der Waals surface area contributed by atoms with Crippen LogP contribution in [0, 0.1) is 0 Å². The van der Waals surface area contributed by atoms with Crippen LogP contribution in [0.5, 0.6) is 23.0 Å². The lowest BCUT2D eigenvalue weighted by molar-refractivity contribution is -0.0213. The summed E-state index contributed by atoms with van der Waals surface area (Å²) in [5.41, 5.74) is 2.84. The zero-order valence-electron chi connectivity index (χ0n) is 17.7. The molecule has 0 radical (unpaired) electrons. The molecular formula is C24H24N2O5. The maximum atomic E-state index is 6.52. The molecule has 160 valence electrons. The quantitative estimate of drug-likeness (QED) is 0.563. The first-order chi connectivity index (χ1) is 15.2. The van der Waals surface area contributed by atoms with Gasteiger partial charge in [0, 0.05) is 17.5 Å². The van der Waals surface area contributed by atoms with Gasteiger partial charge in [0.25, 0.3) is 0 Å². The Labute approximate surface area is 180 Å². The van der Waals surface area contributed by atoms with Gasteiger partial charge in [-0.25, -0.2) is 5.01 Å². The van der Waals surface area contributed by atoms with Gasteiger partial charge in [-0.1, -0.05) is 12.1 Å². The zero-order valence-corrected chi connectivity index (χ0v) is 17.7. The zero-order chi connectivity index (χ0) is 21.4. The minimum absolute atomic E-state index is 0.00218. The Bertz CT molecular complexity index is 1110. The Morgan fingerprint density at radius 2 is 1.90 bits per heavy atom. The van der Waals surface area contributed by atoms with Gasteiger partial charge in [-0.15, -0.1) is 0 Å². The van der Waals surface area contributed by atoms with Crippen LogP contribution in [0.1, 0.15) is 42.5 Å². The molecule has 5 rings (SSSR count). The molecule has 0 spiro atoms. The summed E-state index contributed by atoms with van der Waals surface area (Å²) in [6, 6.07) is 15.6. The molecule has 2 atom stereocenters. The van der Waals surface area contributed by atoms with E-state index in [1.807, 2.05) is 54.4 Å². The molecule has 0 unspecified atom stereocenters. The SMILES string of the molecule is CCOc1cccc2c1O[C@@H](c1ccc(OC)c(OC)c1)N1N=C(c3ccco3)C[C@H]21. The van der Waals surface area contributed by atoms with Crippen LogP contribution in [-0.4, -0.2) is 31.5 Å². The summed E-state index contributed by atoms with van der Waals surface area (Å²) in [7, 11) is 3.24. The number of ether oxygens (including phenoxy) is 4. The van der Waals surface area contributed by atoms with E-state index in [2.05, 4.69) is 6.07 Å². The van der Waals surface area contributed by atoms with Gasteiger partial charge in [0.15, 0.2) is 23.0 Å². The molecule has 0 saturated heterocycles. The Balaban J connectivity index is 1.62. The van der Waals surface area contributed by atoms with E-state index >= 15 is 0 Å². The maximum Gasteiger partial charge on any atom is 0.214 e.